The first-order chi connectivity index (χ1) is 16.5. The molecule has 0 atom stereocenters. The molecule has 0 saturated carbocycles. The van der Waals surface area contributed by atoms with E-state index in [2.05, 4.69) is 21.6 Å². The van der Waals surface area contributed by atoms with Crippen LogP contribution in [0, 0.1) is 20.8 Å². The van der Waals surface area contributed by atoms with Crippen LogP contribution in [0.15, 0.2) is 34.9 Å². The molecule has 1 fully saturated rings. The van der Waals surface area contributed by atoms with Crippen LogP contribution in [0.1, 0.15) is 64.2 Å². The fourth-order valence-corrected chi connectivity index (χ4v) is 4.51. The Morgan fingerprint density at radius 3 is 2.59 bits per heavy atom. The maximum absolute atomic E-state index is 13.2. The molecule has 34 heavy (non-hydrogen) atoms. The zero-order valence-electron chi connectivity index (χ0n) is 20.5. The van der Waals surface area contributed by atoms with Gasteiger partial charge in [-0.2, -0.15) is 4.98 Å². The van der Waals surface area contributed by atoms with Crippen LogP contribution in [0.5, 0.6) is 5.75 Å². The standard InChI is InChI=1S/C26H34N4O4/c1-18-6-8-22(9-7-18)33-17-24-27-25(28-34-24)21-10-13-29(14-11-21)26(31)23-16-19(2)30(20(23)3)12-5-15-32-4/h6-9,16,21H,5,10-15,17H2,1-4H3. The number of likely N-dealkylation sites (tertiary alicyclic amines) is 1. The fourth-order valence-electron chi connectivity index (χ4n) is 4.51. The van der Waals surface area contributed by atoms with Crippen molar-refractivity contribution in [1.82, 2.24) is 19.6 Å². The largest absolute Gasteiger partial charge is 0.484 e. The maximum Gasteiger partial charge on any atom is 0.264 e. The summed E-state index contributed by atoms with van der Waals surface area (Å²) in [5.41, 5.74) is 4.11. The van der Waals surface area contributed by atoms with Crippen molar-refractivity contribution >= 4 is 5.91 Å². The molecule has 182 valence electrons. The van der Waals surface area contributed by atoms with Crippen LogP contribution in [-0.4, -0.2) is 52.3 Å². The van der Waals surface area contributed by atoms with Crippen molar-refractivity contribution < 1.29 is 18.8 Å². The number of nitrogens with zero attached hydrogens (tertiary/aromatic N) is 4. The number of aromatic nitrogens is 3. The van der Waals surface area contributed by atoms with E-state index in [-0.39, 0.29) is 18.4 Å². The van der Waals surface area contributed by atoms with Gasteiger partial charge in [0.25, 0.3) is 11.8 Å². The van der Waals surface area contributed by atoms with E-state index in [0.29, 0.717) is 31.4 Å². The van der Waals surface area contributed by atoms with Gasteiger partial charge in [0.1, 0.15) is 5.75 Å². The first kappa shape index (κ1) is 24.0. The van der Waals surface area contributed by atoms with E-state index >= 15 is 0 Å². The Bertz CT molecular complexity index is 1090. The highest BCUT2D eigenvalue weighted by atomic mass is 16.5. The number of methoxy groups -OCH3 is 1. The predicted octanol–water partition coefficient (Wildman–Crippen LogP) is 4.43. The number of rotatable bonds is 9. The van der Waals surface area contributed by atoms with Crippen LogP contribution in [0.4, 0.5) is 0 Å². The minimum atomic E-state index is 0.102. The summed E-state index contributed by atoms with van der Waals surface area (Å²) in [5.74, 6) is 2.23. The highest BCUT2D eigenvalue weighted by Crippen LogP contribution is 2.28. The van der Waals surface area contributed by atoms with Crippen molar-refractivity contribution in [3.05, 3.63) is 64.6 Å². The van der Waals surface area contributed by atoms with Crippen molar-refractivity contribution in [3.8, 4) is 5.75 Å². The molecule has 1 aliphatic heterocycles. The van der Waals surface area contributed by atoms with Crippen LogP contribution < -0.4 is 4.74 Å². The molecule has 4 rings (SSSR count). The number of carbonyl (C=O) groups is 1. The molecule has 8 nitrogen and oxygen atoms in total. The fraction of sp³-hybridized carbons (Fsp3) is 0.500. The molecular formula is C26H34N4O4. The Morgan fingerprint density at radius 1 is 1.15 bits per heavy atom. The molecule has 1 saturated heterocycles. The van der Waals surface area contributed by atoms with Gasteiger partial charge in [-0.25, -0.2) is 0 Å². The van der Waals surface area contributed by atoms with Crippen molar-refractivity contribution in [2.45, 2.75) is 59.1 Å². The Balaban J connectivity index is 1.31. The SMILES string of the molecule is COCCCn1c(C)cc(C(=O)N2CCC(c3noc(COc4ccc(C)cc4)n3)CC2)c1C. The average molecular weight is 467 g/mol. The first-order valence-corrected chi connectivity index (χ1v) is 11.9. The summed E-state index contributed by atoms with van der Waals surface area (Å²) in [7, 11) is 1.71. The molecule has 2 aromatic heterocycles. The highest BCUT2D eigenvalue weighted by Gasteiger charge is 2.29. The van der Waals surface area contributed by atoms with E-state index in [1.807, 2.05) is 49.1 Å². The van der Waals surface area contributed by atoms with Gasteiger partial charge >= 0.3 is 0 Å². The molecular weight excluding hydrogens is 432 g/mol. The zero-order valence-corrected chi connectivity index (χ0v) is 20.5. The van der Waals surface area contributed by atoms with Crippen molar-refractivity contribution in [3.63, 3.8) is 0 Å². The number of piperidine rings is 1. The quantitative estimate of drug-likeness (QED) is 0.434. The number of hydrogen-bond donors (Lipinski definition) is 0. The second-order valence-electron chi connectivity index (χ2n) is 9.00. The Labute approximate surface area is 200 Å². The summed E-state index contributed by atoms with van der Waals surface area (Å²) in [5, 5.41) is 4.18. The van der Waals surface area contributed by atoms with E-state index in [9.17, 15) is 4.79 Å². The lowest BCUT2D eigenvalue weighted by molar-refractivity contribution is 0.0709. The molecule has 0 aliphatic carbocycles. The lowest BCUT2D eigenvalue weighted by Crippen LogP contribution is -2.38. The molecule has 8 heteroatoms. The number of aryl methyl sites for hydroxylation is 2. The van der Waals surface area contributed by atoms with Gasteiger partial charge in [-0.1, -0.05) is 22.9 Å². The summed E-state index contributed by atoms with van der Waals surface area (Å²) in [4.78, 5) is 19.7. The smallest absolute Gasteiger partial charge is 0.264 e. The topological polar surface area (TPSA) is 82.6 Å². The Kier molecular flexibility index (Phi) is 7.67. The van der Waals surface area contributed by atoms with E-state index in [0.717, 1.165) is 48.5 Å². The third-order valence-corrected chi connectivity index (χ3v) is 6.55. The van der Waals surface area contributed by atoms with Gasteiger partial charge in [0, 0.05) is 50.7 Å². The van der Waals surface area contributed by atoms with Gasteiger partial charge in [0.05, 0.1) is 5.56 Å². The van der Waals surface area contributed by atoms with E-state index in [1.54, 1.807) is 7.11 Å². The van der Waals surface area contributed by atoms with Gasteiger partial charge in [0.2, 0.25) is 0 Å². The molecule has 0 bridgehead atoms. The second-order valence-corrected chi connectivity index (χ2v) is 9.00. The van der Waals surface area contributed by atoms with Crippen LogP contribution in [-0.2, 0) is 17.9 Å². The van der Waals surface area contributed by atoms with Crippen molar-refractivity contribution in [2.24, 2.45) is 0 Å². The van der Waals surface area contributed by atoms with Gasteiger partial charge in [-0.15, -0.1) is 0 Å². The monoisotopic (exact) mass is 466 g/mol. The summed E-state index contributed by atoms with van der Waals surface area (Å²) >= 11 is 0. The lowest BCUT2D eigenvalue weighted by Gasteiger charge is -2.30. The molecule has 1 aliphatic rings. The third kappa shape index (κ3) is 5.50. The Hall–Kier alpha value is -3.13. The minimum absolute atomic E-state index is 0.102. The number of benzene rings is 1. The molecule has 0 radical (unpaired) electrons. The maximum atomic E-state index is 13.2. The van der Waals surface area contributed by atoms with Crippen LogP contribution in [0.3, 0.4) is 0 Å². The summed E-state index contributed by atoms with van der Waals surface area (Å²) in [6.45, 7) is 9.29. The number of amides is 1. The highest BCUT2D eigenvalue weighted by molar-refractivity contribution is 5.95. The zero-order chi connectivity index (χ0) is 24.1. The van der Waals surface area contributed by atoms with E-state index < -0.39 is 0 Å². The molecule has 0 unspecified atom stereocenters. The Morgan fingerprint density at radius 2 is 1.88 bits per heavy atom. The molecule has 0 N–H and O–H groups in total. The number of carbonyl (C=O) groups excluding carboxylic acids is 1. The van der Waals surface area contributed by atoms with E-state index in [4.69, 9.17) is 14.0 Å². The average Bonchev–Trinajstić information content (AvgIpc) is 3.43. The van der Waals surface area contributed by atoms with Crippen LogP contribution in [0.25, 0.3) is 0 Å². The molecule has 3 aromatic rings. The third-order valence-electron chi connectivity index (χ3n) is 6.55. The first-order valence-electron chi connectivity index (χ1n) is 11.9. The predicted molar refractivity (Wildman–Crippen MR) is 128 cm³/mol. The summed E-state index contributed by atoms with van der Waals surface area (Å²) in [6.07, 6.45) is 2.56. The van der Waals surface area contributed by atoms with Crippen LogP contribution >= 0.6 is 0 Å². The van der Waals surface area contributed by atoms with Gasteiger partial charge in [-0.05, 0) is 58.2 Å². The second kappa shape index (κ2) is 10.9. The number of ether oxygens (including phenoxy) is 2. The summed E-state index contributed by atoms with van der Waals surface area (Å²) < 4.78 is 18.5. The minimum Gasteiger partial charge on any atom is -0.484 e. The lowest BCUT2D eigenvalue weighted by atomic mass is 9.95. The van der Waals surface area contributed by atoms with Gasteiger partial charge < -0.3 is 23.5 Å². The molecule has 1 amide bonds. The number of hydrogen-bond acceptors (Lipinski definition) is 6. The van der Waals surface area contributed by atoms with Gasteiger partial charge in [-0.3, -0.25) is 4.79 Å². The van der Waals surface area contributed by atoms with Gasteiger partial charge in [0.15, 0.2) is 12.4 Å². The van der Waals surface area contributed by atoms with Crippen molar-refractivity contribution in [1.29, 1.82) is 0 Å². The molecule has 3 heterocycles. The summed E-state index contributed by atoms with van der Waals surface area (Å²) in [6, 6.07) is 9.87. The molecule has 1 aromatic carbocycles. The normalized spacial score (nSPS) is 14.5. The molecule has 0 spiro atoms. The van der Waals surface area contributed by atoms with Crippen LogP contribution in [0.2, 0.25) is 0 Å². The van der Waals surface area contributed by atoms with Crippen molar-refractivity contribution in [2.75, 3.05) is 26.8 Å². The van der Waals surface area contributed by atoms with E-state index in [1.165, 1.54) is 5.56 Å².